The zero-order valence-corrected chi connectivity index (χ0v) is 14.0. The second-order valence-corrected chi connectivity index (χ2v) is 7.53. The van der Waals surface area contributed by atoms with Crippen LogP contribution in [0.1, 0.15) is 43.2 Å². The van der Waals surface area contributed by atoms with Crippen molar-refractivity contribution in [2.24, 2.45) is 23.7 Å². The Bertz CT molecular complexity index is 724. The van der Waals surface area contributed by atoms with Gasteiger partial charge in [0.2, 0.25) is 0 Å². The number of benzene rings is 1. The number of allylic oxidation sites excluding steroid dienone is 2. The Labute approximate surface area is 143 Å². The van der Waals surface area contributed by atoms with Crippen molar-refractivity contribution in [2.45, 2.75) is 32.1 Å². The molecule has 4 saturated carbocycles. The van der Waals surface area contributed by atoms with E-state index in [2.05, 4.69) is 0 Å². The fourth-order valence-electron chi connectivity index (χ4n) is 5.42. The minimum atomic E-state index is 0.193. The first kappa shape index (κ1) is 15.3. The highest BCUT2D eigenvalue weighted by atomic mass is 16.5. The van der Waals surface area contributed by atoms with Crippen LogP contribution in [0, 0.1) is 35.0 Å². The summed E-state index contributed by atoms with van der Waals surface area (Å²) in [7, 11) is 1.74. The minimum absolute atomic E-state index is 0.193. The molecule has 0 radical (unpaired) electrons. The lowest BCUT2D eigenvalue weighted by Gasteiger charge is -2.51. The van der Waals surface area contributed by atoms with Crippen LogP contribution in [0.2, 0.25) is 0 Å². The molecule has 0 atom stereocenters. The molecule has 4 bridgehead atoms. The van der Waals surface area contributed by atoms with Gasteiger partial charge in [-0.05, 0) is 73.5 Å². The standard InChI is InChI=1S/C21H23NO2/c1-24-21(16-5-4-15(3-2-6-22)19(23)12-16)20-17-8-13-7-14(10-17)11-18(20)9-13/h2-5,12-14,17-18,23H,7-11H2,1H3/b3-2+,21-20?. The van der Waals surface area contributed by atoms with Crippen LogP contribution in [0.25, 0.3) is 11.8 Å². The molecule has 0 unspecified atom stereocenters. The number of phenols is 1. The first-order chi connectivity index (χ1) is 11.7. The van der Waals surface area contributed by atoms with Crippen molar-refractivity contribution in [2.75, 3.05) is 7.11 Å². The van der Waals surface area contributed by atoms with E-state index in [1.54, 1.807) is 19.3 Å². The van der Waals surface area contributed by atoms with Crippen LogP contribution in [0.15, 0.2) is 29.8 Å². The van der Waals surface area contributed by atoms with Gasteiger partial charge in [0.15, 0.2) is 0 Å². The van der Waals surface area contributed by atoms with Crippen LogP contribution in [0.4, 0.5) is 0 Å². The molecule has 4 aliphatic carbocycles. The largest absolute Gasteiger partial charge is 0.507 e. The molecular formula is C21H23NO2. The van der Waals surface area contributed by atoms with Gasteiger partial charge in [0, 0.05) is 17.2 Å². The number of hydrogen-bond acceptors (Lipinski definition) is 3. The summed E-state index contributed by atoms with van der Waals surface area (Å²) in [4.78, 5) is 0. The summed E-state index contributed by atoms with van der Waals surface area (Å²) in [6.07, 6.45) is 9.68. The fourth-order valence-corrected chi connectivity index (χ4v) is 5.42. The number of aromatic hydroxyl groups is 1. The number of methoxy groups -OCH3 is 1. The zero-order valence-electron chi connectivity index (χ0n) is 14.0. The molecule has 0 saturated heterocycles. The molecule has 0 aromatic heterocycles. The van der Waals surface area contributed by atoms with E-state index in [1.807, 2.05) is 18.2 Å². The SMILES string of the molecule is COC(=C1C2CC3CC(C2)CC1C3)c1ccc(/C=C/C#N)c(O)c1. The first-order valence-electron chi connectivity index (χ1n) is 8.87. The molecule has 4 aliphatic rings. The lowest BCUT2D eigenvalue weighted by molar-refractivity contribution is 0.0675. The molecule has 1 N–H and O–H groups in total. The summed E-state index contributed by atoms with van der Waals surface area (Å²) in [6.45, 7) is 0. The third-order valence-corrected chi connectivity index (χ3v) is 6.11. The lowest BCUT2D eigenvalue weighted by Crippen LogP contribution is -2.40. The van der Waals surface area contributed by atoms with E-state index in [1.165, 1.54) is 43.8 Å². The molecule has 0 spiro atoms. The Morgan fingerprint density at radius 2 is 1.83 bits per heavy atom. The monoisotopic (exact) mass is 321 g/mol. The molecular weight excluding hydrogens is 298 g/mol. The van der Waals surface area contributed by atoms with Crippen LogP contribution >= 0.6 is 0 Å². The average Bonchev–Trinajstić information content (AvgIpc) is 2.56. The predicted molar refractivity (Wildman–Crippen MR) is 93.7 cm³/mol. The molecule has 3 heteroatoms. The third kappa shape index (κ3) is 2.51. The smallest absolute Gasteiger partial charge is 0.125 e. The number of rotatable bonds is 3. The topological polar surface area (TPSA) is 53.2 Å². The molecule has 124 valence electrons. The van der Waals surface area contributed by atoms with Crippen molar-refractivity contribution < 1.29 is 9.84 Å². The van der Waals surface area contributed by atoms with Gasteiger partial charge < -0.3 is 9.84 Å². The number of nitriles is 1. The first-order valence-corrected chi connectivity index (χ1v) is 8.87. The van der Waals surface area contributed by atoms with Crippen LogP contribution in [-0.4, -0.2) is 12.2 Å². The molecule has 1 aromatic carbocycles. The van der Waals surface area contributed by atoms with E-state index in [0.29, 0.717) is 17.4 Å². The van der Waals surface area contributed by atoms with Gasteiger partial charge in [-0.2, -0.15) is 5.26 Å². The minimum Gasteiger partial charge on any atom is -0.507 e. The van der Waals surface area contributed by atoms with Crippen LogP contribution in [0.3, 0.4) is 0 Å². The van der Waals surface area contributed by atoms with Gasteiger partial charge in [0.25, 0.3) is 0 Å². The predicted octanol–water partition coefficient (Wildman–Crippen LogP) is 4.74. The Morgan fingerprint density at radius 3 is 2.38 bits per heavy atom. The second-order valence-electron chi connectivity index (χ2n) is 7.53. The number of hydrogen-bond donors (Lipinski definition) is 1. The van der Waals surface area contributed by atoms with Crippen LogP contribution < -0.4 is 0 Å². The molecule has 0 amide bonds. The van der Waals surface area contributed by atoms with E-state index < -0.39 is 0 Å². The second kappa shape index (κ2) is 6.02. The highest BCUT2D eigenvalue weighted by Crippen LogP contribution is 2.58. The summed E-state index contributed by atoms with van der Waals surface area (Å²) in [5.41, 5.74) is 3.10. The Morgan fingerprint density at radius 1 is 1.17 bits per heavy atom. The van der Waals surface area contributed by atoms with Gasteiger partial charge in [-0.15, -0.1) is 0 Å². The number of nitrogens with zero attached hydrogens (tertiary/aromatic N) is 1. The van der Waals surface area contributed by atoms with Gasteiger partial charge in [0.1, 0.15) is 11.5 Å². The van der Waals surface area contributed by atoms with Crippen LogP contribution in [-0.2, 0) is 4.74 Å². The Hall–Kier alpha value is -2.21. The summed E-state index contributed by atoms with van der Waals surface area (Å²) in [6, 6.07) is 7.57. The molecule has 24 heavy (non-hydrogen) atoms. The Balaban J connectivity index is 1.72. The maximum absolute atomic E-state index is 10.3. The quantitative estimate of drug-likeness (QED) is 0.646. The summed E-state index contributed by atoms with van der Waals surface area (Å²) < 4.78 is 5.84. The van der Waals surface area contributed by atoms with Crippen molar-refractivity contribution >= 4 is 11.8 Å². The van der Waals surface area contributed by atoms with Gasteiger partial charge in [0.05, 0.1) is 13.2 Å². The van der Waals surface area contributed by atoms with Gasteiger partial charge in [-0.3, -0.25) is 0 Å². The summed E-state index contributed by atoms with van der Waals surface area (Å²) >= 11 is 0. The summed E-state index contributed by atoms with van der Waals surface area (Å²) in [5, 5.41) is 18.9. The Kier molecular flexibility index (Phi) is 3.84. The van der Waals surface area contributed by atoms with E-state index in [9.17, 15) is 5.11 Å². The van der Waals surface area contributed by atoms with E-state index in [0.717, 1.165) is 23.2 Å². The van der Waals surface area contributed by atoms with E-state index in [4.69, 9.17) is 10.00 Å². The molecule has 0 aliphatic heterocycles. The number of ether oxygens (including phenoxy) is 1. The van der Waals surface area contributed by atoms with Gasteiger partial charge >= 0.3 is 0 Å². The van der Waals surface area contributed by atoms with Gasteiger partial charge in [-0.1, -0.05) is 12.1 Å². The van der Waals surface area contributed by atoms with Crippen molar-refractivity contribution in [1.82, 2.24) is 0 Å². The molecule has 4 fully saturated rings. The van der Waals surface area contributed by atoms with Crippen molar-refractivity contribution in [3.05, 3.63) is 41.0 Å². The van der Waals surface area contributed by atoms with Gasteiger partial charge in [-0.25, -0.2) is 0 Å². The van der Waals surface area contributed by atoms with Crippen molar-refractivity contribution in [3.63, 3.8) is 0 Å². The average molecular weight is 321 g/mol. The lowest BCUT2D eigenvalue weighted by atomic mass is 9.54. The van der Waals surface area contributed by atoms with Crippen molar-refractivity contribution in [1.29, 1.82) is 5.26 Å². The molecule has 5 rings (SSSR count). The molecule has 0 heterocycles. The fraction of sp³-hybridized carbons (Fsp3) is 0.476. The normalized spacial score (nSPS) is 30.6. The maximum Gasteiger partial charge on any atom is 0.125 e. The highest BCUT2D eigenvalue weighted by Gasteiger charge is 2.46. The molecule has 3 nitrogen and oxygen atoms in total. The zero-order chi connectivity index (χ0) is 16.7. The van der Waals surface area contributed by atoms with Crippen molar-refractivity contribution in [3.8, 4) is 11.8 Å². The van der Waals surface area contributed by atoms with E-state index >= 15 is 0 Å². The molecule has 1 aromatic rings. The summed E-state index contributed by atoms with van der Waals surface area (Å²) in [5.74, 6) is 4.32. The number of phenolic OH excluding ortho intramolecular Hbond substituents is 1. The third-order valence-electron chi connectivity index (χ3n) is 6.11. The highest BCUT2D eigenvalue weighted by molar-refractivity contribution is 5.69. The van der Waals surface area contributed by atoms with E-state index in [-0.39, 0.29) is 5.75 Å². The maximum atomic E-state index is 10.3. The van der Waals surface area contributed by atoms with Crippen LogP contribution in [0.5, 0.6) is 5.75 Å².